The summed E-state index contributed by atoms with van der Waals surface area (Å²) in [6.45, 7) is 9.10. The van der Waals surface area contributed by atoms with Crippen LogP contribution in [0.1, 0.15) is 33.1 Å². The van der Waals surface area contributed by atoms with Crippen LogP contribution in [-0.2, 0) is 0 Å². The zero-order valence-electron chi connectivity index (χ0n) is 10.5. The van der Waals surface area contributed by atoms with E-state index < -0.39 is 0 Å². The first-order chi connectivity index (χ1) is 7.06. The zero-order chi connectivity index (χ0) is 11.3. The maximum absolute atomic E-state index is 9.25. The molecule has 0 radical (unpaired) electrons. The highest BCUT2D eigenvalue weighted by Gasteiger charge is 2.22. The van der Waals surface area contributed by atoms with Crippen LogP contribution in [0.15, 0.2) is 0 Å². The van der Waals surface area contributed by atoms with E-state index in [1.54, 1.807) is 0 Å². The van der Waals surface area contributed by atoms with Crippen molar-refractivity contribution in [3.63, 3.8) is 0 Å². The highest BCUT2D eigenvalue weighted by Crippen LogP contribution is 2.12. The average Bonchev–Trinajstić information content (AvgIpc) is 2.27. The molecular formula is C12H26N2O. The first kappa shape index (κ1) is 12.9. The SMILES string of the molecule is CN(CCN1CCCCC1)C(C)(C)CO. The van der Waals surface area contributed by atoms with Crippen molar-refractivity contribution in [1.82, 2.24) is 9.80 Å². The monoisotopic (exact) mass is 214 g/mol. The molecule has 0 aromatic heterocycles. The second kappa shape index (κ2) is 5.83. The van der Waals surface area contributed by atoms with Gasteiger partial charge in [0.2, 0.25) is 0 Å². The summed E-state index contributed by atoms with van der Waals surface area (Å²) in [6.07, 6.45) is 4.11. The maximum Gasteiger partial charge on any atom is 0.0609 e. The van der Waals surface area contributed by atoms with E-state index in [2.05, 4.69) is 30.7 Å². The van der Waals surface area contributed by atoms with E-state index >= 15 is 0 Å². The molecule has 3 heteroatoms. The number of aliphatic hydroxyl groups is 1. The topological polar surface area (TPSA) is 26.7 Å². The summed E-state index contributed by atoms with van der Waals surface area (Å²) in [5.74, 6) is 0. The molecule has 0 aromatic rings. The van der Waals surface area contributed by atoms with Gasteiger partial charge in [-0.15, -0.1) is 0 Å². The lowest BCUT2D eigenvalue weighted by Crippen LogP contribution is -2.47. The molecule has 1 aliphatic heterocycles. The fraction of sp³-hybridized carbons (Fsp3) is 1.00. The Kier molecular flexibility index (Phi) is 5.03. The second-order valence-electron chi connectivity index (χ2n) is 5.29. The van der Waals surface area contributed by atoms with Crippen molar-refractivity contribution in [3.8, 4) is 0 Å². The van der Waals surface area contributed by atoms with Gasteiger partial charge in [-0.3, -0.25) is 4.90 Å². The van der Waals surface area contributed by atoms with Crippen molar-refractivity contribution < 1.29 is 5.11 Å². The summed E-state index contributed by atoms with van der Waals surface area (Å²) < 4.78 is 0. The van der Waals surface area contributed by atoms with E-state index in [4.69, 9.17) is 0 Å². The molecule has 0 aromatic carbocycles. The van der Waals surface area contributed by atoms with Crippen molar-refractivity contribution in [1.29, 1.82) is 0 Å². The summed E-state index contributed by atoms with van der Waals surface area (Å²) in [5.41, 5.74) is -0.0875. The molecule has 0 spiro atoms. The molecule has 15 heavy (non-hydrogen) atoms. The number of likely N-dealkylation sites (tertiary alicyclic amines) is 1. The van der Waals surface area contributed by atoms with E-state index in [1.165, 1.54) is 32.4 Å². The van der Waals surface area contributed by atoms with Gasteiger partial charge >= 0.3 is 0 Å². The normalized spacial score (nSPS) is 19.8. The standard InChI is InChI=1S/C12H26N2O/c1-12(2,11-15)13(3)9-10-14-7-5-4-6-8-14/h15H,4-11H2,1-3H3. The molecule has 90 valence electrons. The van der Waals surface area contributed by atoms with Crippen LogP contribution in [0.25, 0.3) is 0 Å². The van der Waals surface area contributed by atoms with Gasteiger partial charge in [0.15, 0.2) is 0 Å². The third kappa shape index (κ3) is 4.09. The van der Waals surface area contributed by atoms with Crippen LogP contribution in [0.3, 0.4) is 0 Å². The Bertz CT molecular complexity index is 176. The van der Waals surface area contributed by atoms with Gasteiger partial charge in [-0.25, -0.2) is 0 Å². The highest BCUT2D eigenvalue weighted by molar-refractivity contribution is 4.79. The molecule has 1 rings (SSSR count). The molecule has 0 atom stereocenters. The van der Waals surface area contributed by atoms with Crippen molar-refractivity contribution in [2.75, 3.05) is 39.8 Å². The summed E-state index contributed by atoms with van der Waals surface area (Å²) >= 11 is 0. The van der Waals surface area contributed by atoms with Gasteiger partial charge < -0.3 is 10.0 Å². The van der Waals surface area contributed by atoms with Crippen LogP contribution >= 0.6 is 0 Å². The lowest BCUT2D eigenvalue weighted by atomic mass is 10.1. The van der Waals surface area contributed by atoms with Gasteiger partial charge in [-0.2, -0.15) is 0 Å². The number of rotatable bonds is 5. The highest BCUT2D eigenvalue weighted by atomic mass is 16.3. The molecule has 0 bridgehead atoms. The van der Waals surface area contributed by atoms with Crippen LogP contribution in [0.4, 0.5) is 0 Å². The maximum atomic E-state index is 9.25. The summed E-state index contributed by atoms with van der Waals surface area (Å²) in [6, 6.07) is 0. The number of piperidine rings is 1. The predicted molar refractivity (Wildman–Crippen MR) is 64.1 cm³/mol. The minimum Gasteiger partial charge on any atom is -0.394 e. The van der Waals surface area contributed by atoms with E-state index in [1.807, 2.05) is 0 Å². The van der Waals surface area contributed by atoms with E-state index in [9.17, 15) is 5.11 Å². The Morgan fingerprint density at radius 2 is 1.80 bits per heavy atom. The Balaban J connectivity index is 2.23. The summed E-state index contributed by atoms with van der Waals surface area (Å²) in [7, 11) is 2.10. The van der Waals surface area contributed by atoms with Gasteiger partial charge in [-0.05, 0) is 46.8 Å². The molecule has 0 saturated carbocycles. The second-order valence-corrected chi connectivity index (χ2v) is 5.29. The quantitative estimate of drug-likeness (QED) is 0.744. The molecule has 3 nitrogen and oxygen atoms in total. The van der Waals surface area contributed by atoms with Gasteiger partial charge in [0.05, 0.1) is 6.61 Å². The Morgan fingerprint density at radius 3 is 2.33 bits per heavy atom. The van der Waals surface area contributed by atoms with E-state index in [-0.39, 0.29) is 12.1 Å². The average molecular weight is 214 g/mol. The summed E-state index contributed by atoms with van der Waals surface area (Å²) in [5, 5.41) is 9.25. The Hall–Kier alpha value is -0.120. The van der Waals surface area contributed by atoms with Crippen LogP contribution in [0.2, 0.25) is 0 Å². The molecule has 1 N–H and O–H groups in total. The lowest BCUT2D eigenvalue weighted by molar-refractivity contribution is 0.0674. The van der Waals surface area contributed by atoms with Gasteiger partial charge in [0.1, 0.15) is 0 Å². The molecule has 1 fully saturated rings. The van der Waals surface area contributed by atoms with Crippen LogP contribution < -0.4 is 0 Å². The van der Waals surface area contributed by atoms with Crippen molar-refractivity contribution in [3.05, 3.63) is 0 Å². The minimum absolute atomic E-state index is 0.0875. The minimum atomic E-state index is -0.0875. The number of hydrogen-bond donors (Lipinski definition) is 1. The molecule has 0 amide bonds. The van der Waals surface area contributed by atoms with Crippen molar-refractivity contribution >= 4 is 0 Å². The molecule has 0 unspecified atom stereocenters. The fourth-order valence-corrected chi connectivity index (χ4v) is 1.90. The smallest absolute Gasteiger partial charge is 0.0609 e. The van der Waals surface area contributed by atoms with Crippen molar-refractivity contribution in [2.24, 2.45) is 0 Å². The molecule has 1 heterocycles. The molecule has 1 saturated heterocycles. The van der Waals surface area contributed by atoms with Crippen LogP contribution in [0.5, 0.6) is 0 Å². The number of nitrogens with zero attached hydrogens (tertiary/aromatic N) is 2. The van der Waals surface area contributed by atoms with Gasteiger partial charge in [-0.1, -0.05) is 6.42 Å². The summed E-state index contributed by atoms with van der Waals surface area (Å²) in [4.78, 5) is 4.79. The third-order valence-electron chi connectivity index (χ3n) is 3.62. The first-order valence-electron chi connectivity index (χ1n) is 6.11. The van der Waals surface area contributed by atoms with Gasteiger partial charge in [0, 0.05) is 18.6 Å². The number of likely N-dealkylation sites (N-methyl/N-ethyl adjacent to an activating group) is 1. The van der Waals surface area contributed by atoms with Crippen LogP contribution in [-0.4, -0.2) is 60.3 Å². The fourth-order valence-electron chi connectivity index (χ4n) is 1.90. The van der Waals surface area contributed by atoms with E-state index in [0.29, 0.717) is 0 Å². The Labute approximate surface area is 94.1 Å². The predicted octanol–water partition coefficient (Wildman–Crippen LogP) is 1.17. The molecule has 1 aliphatic rings. The lowest BCUT2D eigenvalue weighted by Gasteiger charge is -2.36. The molecule has 0 aliphatic carbocycles. The molecular weight excluding hydrogens is 188 g/mol. The largest absolute Gasteiger partial charge is 0.394 e. The third-order valence-corrected chi connectivity index (χ3v) is 3.62. The Morgan fingerprint density at radius 1 is 1.20 bits per heavy atom. The van der Waals surface area contributed by atoms with Crippen LogP contribution in [0, 0.1) is 0 Å². The van der Waals surface area contributed by atoms with Gasteiger partial charge in [0.25, 0.3) is 0 Å². The number of hydrogen-bond acceptors (Lipinski definition) is 3. The zero-order valence-corrected chi connectivity index (χ0v) is 10.5. The van der Waals surface area contributed by atoms with E-state index in [0.717, 1.165) is 13.1 Å². The first-order valence-corrected chi connectivity index (χ1v) is 6.11. The van der Waals surface area contributed by atoms with Crippen molar-refractivity contribution in [2.45, 2.75) is 38.6 Å². The number of aliphatic hydroxyl groups excluding tert-OH is 1.